The molecule has 0 radical (unpaired) electrons. The van der Waals surface area contributed by atoms with Gasteiger partial charge in [-0.25, -0.2) is 14.0 Å². The van der Waals surface area contributed by atoms with Gasteiger partial charge in [-0.05, 0) is 36.6 Å². The summed E-state index contributed by atoms with van der Waals surface area (Å²) < 4.78 is 13.5. The van der Waals surface area contributed by atoms with Crippen molar-refractivity contribution in [3.8, 4) is 0 Å². The van der Waals surface area contributed by atoms with E-state index >= 15 is 0 Å². The lowest BCUT2D eigenvalue weighted by molar-refractivity contribution is 0.0696. The normalized spacial score (nSPS) is 10.0. The minimum absolute atomic E-state index is 0.0487. The molecule has 0 saturated carbocycles. The molecule has 2 amide bonds. The molecule has 0 aliphatic heterocycles. The van der Waals surface area contributed by atoms with E-state index in [4.69, 9.17) is 5.11 Å². The maximum atomic E-state index is 13.5. The second kappa shape index (κ2) is 7.63. The Morgan fingerprint density at radius 2 is 2.16 bits per heavy atom. The maximum Gasteiger partial charge on any atom is 0.335 e. The fourth-order valence-corrected chi connectivity index (χ4v) is 1.77. The van der Waals surface area contributed by atoms with Crippen molar-refractivity contribution in [3.05, 3.63) is 29.6 Å². The third-order valence-corrected chi connectivity index (χ3v) is 2.97. The molecule has 0 spiro atoms. The minimum Gasteiger partial charge on any atom is -0.478 e. The van der Waals surface area contributed by atoms with Crippen LogP contribution in [0.4, 0.5) is 14.9 Å². The number of anilines is 1. The number of carbonyl (C=O) groups excluding carboxylic acids is 1. The molecule has 1 aromatic rings. The Bertz CT molecular complexity index is 468. The van der Waals surface area contributed by atoms with Crippen LogP contribution in [0.3, 0.4) is 0 Å². The van der Waals surface area contributed by atoms with Crippen LogP contribution >= 0.6 is 11.8 Å². The second-order valence-corrected chi connectivity index (χ2v) is 4.71. The van der Waals surface area contributed by atoms with E-state index in [0.717, 1.165) is 18.2 Å². The van der Waals surface area contributed by atoms with E-state index in [1.54, 1.807) is 11.8 Å². The maximum absolute atomic E-state index is 13.5. The van der Waals surface area contributed by atoms with Gasteiger partial charge < -0.3 is 15.7 Å². The van der Waals surface area contributed by atoms with E-state index in [1.807, 2.05) is 6.26 Å². The molecule has 0 aliphatic rings. The number of halogens is 1. The summed E-state index contributed by atoms with van der Waals surface area (Å²) >= 11 is 1.68. The Hall–Kier alpha value is -1.76. The predicted molar refractivity (Wildman–Crippen MR) is 73.4 cm³/mol. The van der Waals surface area contributed by atoms with Gasteiger partial charge in [-0.2, -0.15) is 11.8 Å². The highest BCUT2D eigenvalue weighted by Crippen LogP contribution is 2.15. The molecule has 104 valence electrons. The lowest BCUT2D eigenvalue weighted by atomic mass is 10.2. The zero-order valence-electron chi connectivity index (χ0n) is 10.4. The van der Waals surface area contributed by atoms with Gasteiger partial charge in [0, 0.05) is 6.54 Å². The third-order valence-electron chi connectivity index (χ3n) is 2.28. The number of hydrogen-bond donors (Lipinski definition) is 3. The molecule has 19 heavy (non-hydrogen) atoms. The van der Waals surface area contributed by atoms with Crippen LogP contribution in [0.5, 0.6) is 0 Å². The highest BCUT2D eigenvalue weighted by molar-refractivity contribution is 7.98. The molecule has 0 aromatic heterocycles. The zero-order valence-corrected chi connectivity index (χ0v) is 11.2. The third kappa shape index (κ3) is 5.17. The first kappa shape index (κ1) is 15.3. The van der Waals surface area contributed by atoms with E-state index < -0.39 is 17.8 Å². The summed E-state index contributed by atoms with van der Waals surface area (Å²) in [5, 5.41) is 13.6. The Balaban J connectivity index is 2.52. The standard InChI is InChI=1S/C12H15FN2O3S/c1-19-6-2-5-14-12(18)15-10-4-3-8(11(16)17)7-9(10)13/h3-4,7H,2,5-6H2,1H3,(H,16,17)(H2,14,15,18). The molecule has 0 aliphatic carbocycles. The second-order valence-electron chi connectivity index (χ2n) is 3.73. The van der Waals surface area contributed by atoms with E-state index in [1.165, 1.54) is 12.1 Å². The van der Waals surface area contributed by atoms with Gasteiger partial charge in [-0.15, -0.1) is 0 Å². The SMILES string of the molecule is CSCCCNC(=O)Nc1ccc(C(=O)O)cc1F. The van der Waals surface area contributed by atoms with Crippen molar-refractivity contribution in [3.63, 3.8) is 0 Å². The van der Waals surface area contributed by atoms with Crippen molar-refractivity contribution in [1.82, 2.24) is 5.32 Å². The van der Waals surface area contributed by atoms with Crippen LogP contribution in [0.2, 0.25) is 0 Å². The molecule has 1 aromatic carbocycles. The van der Waals surface area contributed by atoms with E-state index in [2.05, 4.69) is 10.6 Å². The van der Waals surface area contributed by atoms with E-state index in [-0.39, 0.29) is 11.3 Å². The van der Waals surface area contributed by atoms with Crippen molar-refractivity contribution >= 4 is 29.4 Å². The van der Waals surface area contributed by atoms with Gasteiger partial charge in [0.1, 0.15) is 5.82 Å². The number of nitrogens with one attached hydrogen (secondary N) is 2. The number of carboxylic acids is 1. The van der Waals surface area contributed by atoms with Gasteiger partial charge in [0.2, 0.25) is 0 Å². The lowest BCUT2D eigenvalue weighted by Gasteiger charge is -2.08. The van der Waals surface area contributed by atoms with Crippen molar-refractivity contribution in [2.24, 2.45) is 0 Å². The first-order valence-corrected chi connectivity index (χ1v) is 7.00. The zero-order chi connectivity index (χ0) is 14.3. The van der Waals surface area contributed by atoms with Gasteiger partial charge in [0.15, 0.2) is 0 Å². The number of carbonyl (C=O) groups is 2. The number of amides is 2. The Morgan fingerprint density at radius 3 is 2.74 bits per heavy atom. The average molecular weight is 286 g/mol. The van der Waals surface area contributed by atoms with Crippen LogP contribution in [0.15, 0.2) is 18.2 Å². The van der Waals surface area contributed by atoms with Gasteiger partial charge in [0.05, 0.1) is 11.3 Å². The van der Waals surface area contributed by atoms with Crippen molar-refractivity contribution < 1.29 is 19.1 Å². The molecule has 0 bridgehead atoms. The Morgan fingerprint density at radius 1 is 1.42 bits per heavy atom. The lowest BCUT2D eigenvalue weighted by Crippen LogP contribution is -2.30. The number of hydrogen-bond acceptors (Lipinski definition) is 3. The molecule has 0 unspecified atom stereocenters. The van der Waals surface area contributed by atoms with Gasteiger partial charge >= 0.3 is 12.0 Å². The first-order chi connectivity index (χ1) is 9.04. The molecule has 0 atom stereocenters. The highest BCUT2D eigenvalue weighted by atomic mass is 32.2. The summed E-state index contributed by atoms with van der Waals surface area (Å²) in [5.74, 6) is -1.06. The molecule has 5 nitrogen and oxygen atoms in total. The first-order valence-electron chi connectivity index (χ1n) is 5.61. The molecule has 1 rings (SSSR count). The summed E-state index contributed by atoms with van der Waals surface area (Å²) in [5.41, 5.74) is -0.212. The molecular formula is C12H15FN2O3S. The van der Waals surface area contributed by atoms with Crippen LogP contribution in [0, 0.1) is 5.82 Å². The average Bonchev–Trinajstić information content (AvgIpc) is 2.37. The Kier molecular flexibility index (Phi) is 6.14. The molecule has 7 heteroatoms. The van der Waals surface area contributed by atoms with Crippen LogP contribution < -0.4 is 10.6 Å². The fourth-order valence-electron chi connectivity index (χ4n) is 1.33. The van der Waals surface area contributed by atoms with Gasteiger partial charge in [-0.1, -0.05) is 0 Å². The molecule has 3 N–H and O–H groups in total. The summed E-state index contributed by atoms with van der Waals surface area (Å²) in [6.07, 6.45) is 2.80. The predicted octanol–water partition coefficient (Wildman–Crippen LogP) is 2.40. The molecular weight excluding hydrogens is 271 g/mol. The summed E-state index contributed by atoms with van der Waals surface area (Å²) in [6, 6.07) is 2.81. The highest BCUT2D eigenvalue weighted by Gasteiger charge is 2.10. The minimum atomic E-state index is -1.22. The summed E-state index contributed by atoms with van der Waals surface area (Å²) in [6.45, 7) is 0.501. The van der Waals surface area contributed by atoms with Gasteiger partial charge in [0.25, 0.3) is 0 Å². The molecule has 0 heterocycles. The van der Waals surface area contributed by atoms with Crippen molar-refractivity contribution in [2.75, 3.05) is 23.9 Å². The fraction of sp³-hybridized carbons (Fsp3) is 0.333. The number of rotatable bonds is 6. The topological polar surface area (TPSA) is 78.4 Å². The van der Waals surface area contributed by atoms with E-state index in [9.17, 15) is 14.0 Å². The largest absolute Gasteiger partial charge is 0.478 e. The number of urea groups is 1. The summed E-state index contributed by atoms with van der Waals surface area (Å²) in [7, 11) is 0. The van der Waals surface area contributed by atoms with Crippen LogP contribution in [-0.4, -0.2) is 35.7 Å². The monoisotopic (exact) mass is 286 g/mol. The van der Waals surface area contributed by atoms with Crippen molar-refractivity contribution in [1.29, 1.82) is 0 Å². The number of aromatic carboxylic acids is 1. The number of thioether (sulfide) groups is 1. The smallest absolute Gasteiger partial charge is 0.335 e. The molecule has 0 fully saturated rings. The molecule has 0 saturated heterocycles. The van der Waals surface area contributed by atoms with Crippen LogP contribution in [0.25, 0.3) is 0 Å². The Labute approximate surface area is 114 Å². The quantitative estimate of drug-likeness (QED) is 0.702. The van der Waals surface area contributed by atoms with Crippen LogP contribution in [-0.2, 0) is 0 Å². The number of carboxylic acid groups (broad SMARTS) is 1. The summed E-state index contributed by atoms with van der Waals surface area (Å²) in [4.78, 5) is 22.1. The van der Waals surface area contributed by atoms with Crippen LogP contribution in [0.1, 0.15) is 16.8 Å². The van der Waals surface area contributed by atoms with Gasteiger partial charge in [-0.3, -0.25) is 0 Å². The number of benzene rings is 1. The van der Waals surface area contributed by atoms with Crippen molar-refractivity contribution in [2.45, 2.75) is 6.42 Å². The van der Waals surface area contributed by atoms with E-state index in [0.29, 0.717) is 6.54 Å².